The molecule has 0 aliphatic heterocycles. The molecule has 0 bridgehead atoms. The van der Waals surface area contributed by atoms with E-state index in [1.54, 1.807) is 0 Å². The first kappa shape index (κ1) is 27.3. The van der Waals surface area contributed by atoms with Gasteiger partial charge in [-0.05, 0) is 44.6 Å². The van der Waals surface area contributed by atoms with Crippen LogP contribution in [-0.2, 0) is 30.3 Å². The number of ketones is 1. The second-order valence-electron chi connectivity index (χ2n) is 9.24. The van der Waals surface area contributed by atoms with E-state index in [9.17, 15) is 19.2 Å². The largest absolute Gasteiger partial charge is 0.447 e. The van der Waals surface area contributed by atoms with Gasteiger partial charge >= 0.3 is 6.09 Å². The molecule has 2 unspecified atom stereocenters. The van der Waals surface area contributed by atoms with Crippen LogP contribution in [0.5, 0.6) is 0 Å². The number of carbonyl (C=O) groups is 4. The van der Waals surface area contributed by atoms with Crippen LogP contribution in [0.3, 0.4) is 0 Å². The first-order chi connectivity index (χ1) is 16.2. The molecule has 1 aromatic rings. The molecule has 0 spiro atoms. The fourth-order valence-electron chi connectivity index (χ4n) is 3.28. The Morgan fingerprint density at radius 1 is 0.941 bits per heavy atom. The molecule has 0 radical (unpaired) electrons. The van der Waals surface area contributed by atoms with E-state index >= 15 is 0 Å². The maximum Gasteiger partial charge on any atom is 0.407 e. The van der Waals surface area contributed by atoms with Crippen molar-refractivity contribution in [1.29, 1.82) is 0 Å². The highest BCUT2D eigenvalue weighted by Crippen LogP contribution is 2.18. The molecule has 3 amide bonds. The number of alkyl carbamates (subject to hydrolysis) is 1. The van der Waals surface area contributed by atoms with Crippen LogP contribution in [0.4, 0.5) is 4.79 Å². The summed E-state index contributed by atoms with van der Waals surface area (Å²) < 4.78 is 10.4. The summed E-state index contributed by atoms with van der Waals surface area (Å²) in [6, 6.07) is 7.19. The molecule has 9 heteroatoms. The zero-order valence-corrected chi connectivity index (χ0v) is 20.5. The summed E-state index contributed by atoms with van der Waals surface area (Å²) in [4.78, 5) is 50.6. The van der Waals surface area contributed by atoms with Crippen molar-refractivity contribution < 1.29 is 28.7 Å². The van der Waals surface area contributed by atoms with Gasteiger partial charge in [-0.2, -0.15) is 0 Å². The molecule has 1 aliphatic carbocycles. The Labute approximate surface area is 201 Å². The summed E-state index contributed by atoms with van der Waals surface area (Å²) in [5.41, 5.74) is 0.804. The Balaban J connectivity index is 2.05. The van der Waals surface area contributed by atoms with Crippen LogP contribution in [0.25, 0.3) is 0 Å². The van der Waals surface area contributed by atoms with Gasteiger partial charge in [0.2, 0.25) is 11.7 Å². The van der Waals surface area contributed by atoms with Crippen molar-refractivity contribution in [3.8, 4) is 0 Å². The Hall–Kier alpha value is -2.94. The van der Waals surface area contributed by atoms with Gasteiger partial charge in [0.15, 0.2) is 0 Å². The van der Waals surface area contributed by atoms with E-state index in [-0.39, 0.29) is 37.7 Å². The summed E-state index contributed by atoms with van der Waals surface area (Å²) in [6.45, 7) is 7.88. The second kappa shape index (κ2) is 13.7. The van der Waals surface area contributed by atoms with Crippen molar-refractivity contribution >= 4 is 23.7 Å². The highest BCUT2D eigenvalue weighted by atomic mass is 16.6. The van der Waals surface area contributed by atoms with Crippen molar-refractivity contribution in [2.75, 3.05) is 13.2 Å². The van der Waals surface area contributed by atoms with E-state index < -0.39 is 35.8 Å². The number of carbonyl (C=O) groups excluding carboxylic acids is 4. The van der Waals surface area contributed by atoms with E-state index in [0.717, 1.165) is 18.4 Å². The number of hydrogen-bond donors (Lipinski definition) is 3. The zero-order valence-electron chi connectivity index (χ0n) is 20.5. The number of hydrogen-bond acceptors (Lipinski definition) is 6. The lowest BCUT2D eigenvalue weighted by Gasteiger charge is -2.23. The van der Waals surface area contributed by atoms with Crippen LogP contribution in [-0.4, -0.2) is 61.1 Å². The third-order valence-electron chi connectivity index (χ3n) is 5.14. The number of benzene rings is 1. The smallest absolute Gasteiger partial charge is 0.407 e. The average molecular weight is 476 g/mol. The molecular weight excluding hydrogens is 438 g/mol. The van der Waals surface area contributed by atoms with Crippen molar-refractivity contribution in [2.24, 2.45) is 5.92 Å². The molecule has 188 valence electrons. The normalized spacial score (nSPS) is 14.9. The highest BCUT2D eigenvalue weighted by Gasteiger charge is 2.33. The number of amides is 3. The fraction of sp³-hybridized carbons (Fsp3) is 0.600. The fourth-order valence-corrected chi connectivity index (χ4v) is 3.28. The molecule has 1 fully saturated rings. The Kier molecular flexibility index (Phi) is 11.0. The molecule has 0 saturated heterocycles. The van der Waals surface area contributed by atoms with Crippen molar-refractivity contribution in [2.45, 2.75) is 77.6 Å². The lowest BCUT2D eigenvalue weighted by molar-refractivity contribution is -0.140. The van der Waals surface area contributed by atoms with Crippen LogP contribution in [0, 0.1) is 5.92 Å². The van der Waals surface area contributed by atoms with Crippen molar-refractivity contribution in [3.63, 3.8) is 0 Å². The van der Waals surface area contributed by atoms with Gasteiger partial charge in [-0.3, -0.25) is 14.4 Å². The lowest BCUT2D eigenvalue weighted by atomic mass is 9.99. The standard InChI is InChI=1S/C25H37N3O6/c1-16(2)14-21(28-25(32)34-13-12-33-17(3)4)23(30)27-20(15-18-8-6-5-7-9-18)22(29)24(31)26-19-10-11-19/h5-9,16-17,19-21H,10-15H2,1-4H3,(H,26,31)(H,27,30)(H,28,32). The van der Waals surface area contributed by atoms with E-state index in [1.807, 2.05) is 58.0 Å². The summed E-state index contributed by atoms with van der Waals surface area (Å²) in [5, 5.41) is 7.95. The number of ether oxygens (including phenoxy) is 2. The van der Waals surface area contributed by atoms with Gasteiger partial charge in [-0.25, -0.2) is 4.79 Å². The van der Waals surface area contributed by atoms with Gasteiger partial charge in [-0.15, -0.1) is 0 Å². The Morgan fingerprint density at radius 3 is 2.21 bits per heavy atom. The molecule has 0 heterocycles. The SMILES string of the molecule is CC(C)CC(NC(=O)OCCOC(C)C)C(=O)NC(Cc1ccccc1)C(=O)C(=O)NC1CC1. The number of Topliss-reactive ketones (excluding diaryl/α,β-unsaturated/α-hetero) is 1. The van der Waals surface area contributed by atoms with E-state index in [2.05, 4.69) is 16.0 Å². The van der Waals surface area contributed by atoms with Gasteiger partial charge in [0, 0.05) is 12.5 Å². The predicted octanol–water partition coefficient (Wildman–Crippen LogP) is 2.13. The molecule has 2 atom stereocenters. The zero-order chi connectivity index (χ0) is 25.1. The molecule has 0 aromatic heterocycles. The molecule has 3 N–H and O–H groups in total. The van der Waals surface area contributed by atoms with Gasteiger partial charge in [0.05, 0.1) is 12.7 Å². The van der Waals surface area contributed by atoms with Gasteiger partial charge in [0.25, 0.3) is 5.91 Å². The minimum absolute atomic E-state index is 0.0160. The molecular formula is C25H37N3O6. The minimum Gasteiger partial charge on any atom is -0.447 e. The van der Waals surface area contributed by atoms with Crippen LogP contribution in [0.1, 0.15) is 52.5 Å². The third-order valence-corrected chi connectivity index (χ3v) is 5.14. The van der Waals surface area contributed by atoms with Gasteiger partial charge in [-0.1, -0.05) is 44.2 Å². The first-order valence-corrected chi connectivity index (χ1v) is 11.9. The summed E-state index contributed by atoms with van der Waals surface area (Å²) in [7, 11) is 0. The highest BCUT2D eigenvalue weighted by molar-refractivity contribution is 6.38. The van der Waals surface area contributed by atoms with Crippen LogP contribution >= 0.6 is 0 Å². The van der Waals surface area contributed by atoms with Crippen LogP contribution < -0.4 is 16.0 Å². The van der Waals surface area contributed by atoms with E-state index in [0.29, 0.717) is 6.42 Å². The maximum atomic E-state index is 13.1. The van der Waals surface area contributed by atoms with Gasteiger partial charge < -0.3 is 25.4 Å². The van der Waals surface area contributed by atoms with Gasteiger partial charge in [0.1, 0.15) is 18.7 Å². The summed E-state index contributed by atoms with van der Waals surface area (Å²) in [5.74, 6) is -1.87. The van der Waals surface area contributed by atoms with Crippen LogP contribution in [0.15, 0.2) is 30.3 Å². The first-order valence-electron chi connectivity index (χ1n) is 11.9. The second-order valence-corrected chi connectivity index (χ2v) is 9.24. The number of nitrogens with one attached hydrogen (secondary N) is 3. The summed E-state index contributed by atoms with van der Waals surface area (Å²) >= 11 is 0. The third kappa shape index (κ3) is 10.3. The number of rotatable bonds is 14. The topological polar surface area (TPSA) is 123 Å². The monoisotopic (exact) mass is 475 g/mol. The molecule has 1 aromatic carbocycles. The van der Waals surface area contributed by atoms with Crippen molar-refractivity contribution in [1.82, 2.24) is 16.0 Å². The Bertz CT molecular complexity index is 823. The molecule has 1 saturated carbocycles. The summed E-state index contributed by atoms with van der Waals surface area (Å²) in [6.07, 6.45) is 1.46. The lowest BCUT2D eigenvalue weighted by Crippen LogP contribution is -2.55. The molecule has 2 rings (SSSR count). The van der Waals surface area contributed by atoms with Crippen LogP contribution in [0.2, 0.25) is 0 Å². The predicted molar refractivity (Wildman–Crippen MR) is 127 cm³/mol. The minimum atomic E-state index is -1.06. The molecule has 1 aliphatic rings. The molecule has 9 nitrogen and oxygen atoms in total. The molecule has 34 heavy (non-hydrogen) atoms. The average Bonchev–Trinajstić information content (AvgIpc) is 3.59. The Morgan fingerprint density at radius 2 is 1.62 bits per heavy atom. The quantitative estimate of drug-likeness (QED) is 0.280. The van der Waals surface area contributed by atoms with Crippen molar-refractivity contribution in [3.05, 3.63) is 35.9 Å². The maximum absolute atomic E-state index is 13.1. The van der Waals surface area contributed by atoms with E-state index in [4.69, 9.17) is 9.47 Å². The van der Waals surface area contributed by atoms with E-state index in [1.165, 1.54) is 0 Å².